The van der Waals surface area contributed by atoms with Crippen molar-refractivity contribution in [3.63, 3.8) is 0 Å². The summed E-state index contributed by atoms with van der Waals surface area (Å²) in [7, 11) is -3.52. The van der Waals surface area contributed by atoms with Gasteiger partial charge in [0.15, 0.2) is 0 Å². The molecule has 1 saturated heterocycles. The third-order valence-electron chi connectivity index (χ3n) is 6.66. The molecule has 0 radical (unpaired) electrons. The van der Waals surface area contributed by atoms with Crippen LogP contribution in [-0.2, 0) is 21.2 Å². The summed E-state index contributed by atoms with van der Waals surface area (Å²) in [4.78, 5) is 17.2. The van der Waals surface area contributed by atoms with Crippen LogP contribution >= 0.6 is 0 Å². The van der Waals surface area contributed by atoms with Crippen LogP contribution in [0.15, 0.2) is 23.1 Å². The number of anilines is 1. The Morgan fingerprint density at radius 2 is 2.00 bits per heavy atom. The van der Waals surface area contributed by atoms with Crippen LogP contribution in [0.3, 0.4) is 0 Å². The third kappa shape index (κ3) is 4.67. The maximum atomic E-state index is 12.7. The highest BCUT2D eigenvalue weighted by atomic mass is 32.2. The van der Waals surface area contributed by atoms with E-state index in [0.717, 1.165) is 68.9 Å². The highest BCUT2D eigenvalue weighted by Gasteiger charge is 2.33. The Morgan fingerprint density at radius 3 is 2.72 bits per heavy atom. The Morgan fingerprint density at radius 1 is 1.17 bits per heavy atom. The second-order valence-electron chi connectivity index (χ2n) is 8.96. The molecule has 0 aromatic heterocycles. The molecule has 0 spiro atoms. The summed E-state index contributed by atoms with van der Waals surface area (Å²) in [6.45, 7) is 6.58. The average molecular weight is 420 g/mol. The van der Waals surface area contributed by atoms with Crippen molar-refractivity contribution >= 4 is 21.6 Å². The SMILES string of the molecule is C[C@@H]1CCCN(CCCNS(=O)(=O)c2ccc3c(c2)CCN3C(=O)C2CCC2)C1. The number of benzene rings is 1. The molecule has 1 aromatic carbocycles. The lowest BCUT2D eigenvalue weighted by atomic mass is 9.84. The zero-order valence-electron chi connectivity index (χ0n) is 17.4. The molecule has 3 aliphatic rings. The van der Waals surface area contributed by atoms with Gasteiger partial charge in [-0.15, -0.1) is 0 Å². The maximum absolute atomic E-state index is 12.7. The second kappa shape index (κ2) is 8.74. The molecular formula is C22H33N3O3S. The van der Waals surface area contributed by atoms with E-state index in [0.29, 0.717) is 18.0 Å². The van der Waals surface area contributed by atoms with E-state index >= 15 is 0 Å². The summed E-state index contributed by atoms with van der Waals surface area (Å²) in [5, 5.41) is 0. The normalized spacial score (nSPS) is 23.1. The van der Waals surface area contributed by atoms with Crippen LogP contribution in [0.1, 0.15) is 51.0 Å². The number of carbonyl (C=O) groups is 1. The molecule has 1 N–H and O–H groups in total. The van der Waals surface area contributed by atoms with Gasteiger partial charge in [-0.25, -0.2) is 13.1 Å². The van der Waals surface area contributed by atoms with Gasteiger partial charge in [0.2, 0.25) is 15.9 Å². The number of carbonyl (C=O) groups excluding carboxylic acids is 1. The van der Waals surface area contributed by atoms with Gasteiger partial charge >= 0.3 is 0 Å². The molecule has 1 amide bonds. The van der Waals surface area contributed by atoms with Crippen LogP contribution in [-0.4, -0.2) is 51.9 Å². The maximum Gasteiger partial charge on any atom is 0.240 e. The predicted octanol–water partition coefficient (Wildman–Crippen LogP) is 2.78. The van der Waals surface area contributed by atoms with Crippen LogP contribution in [0.2, 0.25) is 0 Å². The minimum absolute atomic E-state index is 0.161. The van der Waals surface area contributed by atoms with Crippen molar-refractivity contribution in [1.82, 2.24) is 9.62 Å². The summed E-state index contributed by atoms with van der Waals surface area (Å²) in [5.74, 6) is 1.10. The molecule has 2 heterocycles. The van der Waals surface area contributed by atoms with Crippen LogP contribution in [0.5, 0.6) is 0 Å². The number of nitrogens with zero attached hydrogens (tertiary/aromatic N) is 2. The lowest BCUT2D eigenvalue weighted by molar-refractivity contribution is -0.124. The first-order valence-corrected chi connectivity index (χ1v) is 12.6. The third-order valence-corrected chi connectivity index (χ3v) is 8.12. The number of hydrogen-bond donors (Lipinski definition) is 1. The number of likely N-dealkylation sites (tertiary alicyclic amines) is 1. The first-order chi connectivity index (χ1) is 13.9. The summed E-state index contributed by atoms with van der Waals surface area (Å²) in [5.41, 5.74) is 1.85. The topological polar surface area (TPSA) is 69.7 Å². The van der Waals surface area contributed by atoms with Crippen molar-refractivity contribution < 1.29 is 13.2 Å². The lowest BCUT2D eigenvalue weighted by Gasteiger charge is -2.30. The second-order valence-corrected chi connectivity index (χ2v) is 10.7. The minimum atomic E-state index is -3.52. The predicted molar refractivity (Wildman–Crippen MR) is 114 cm³/mol. The number of hydrogen-bond acceptors (Lipinski definition) is 4. The number of nitrogens with one attached hydrogen (secondary N) is 1. The quantitative estimate of drug-likeness (QED) is 0.690. The van der Waals surface area contributed by atoms with Gasteiger partial charge in [-0.3, -0.25) is 4.79 Å². The molecule has 0 unspecified atom stereocenters. The highest BCUT2D eigenvalue weighted by Crippen LogP contribution is 2.35. The Kier molecular flexibility index (Phi) is 6.27. The van der Waals surface area contributed by atoms with E-state index < -0.39 is 10.0 Å². The van der Waals surface area contributed by atoms with Crippen LogP contribution in [0, 0.1) is 11.8 Å². The van der Waals surface area contributed by atoms with Gasteiger partial charge in [0.05, 0.1) is 4.90 Å². The molecule has 1 aromatic rings. The number of sulfonamides is 1. The van der Waals surface area contributed by atoms with Gasteiger partial charge in [-0.05, 0) is 81.3 Å². The fraction of sp³-hybridized carbons (Fsp3) is 0.682. The van der Waals surface area contributed by atoms with Gasteiger partial charge in [0.1, 0.15) is 0 Å². The molecule has 29 heavy (non-hydrogen) atoms. The van der Waals surface area contributed by atoms with Crippen molar-refractivity contribution in [2.24, 2.45) is 11.8 Å². The van der Waals surface area contributed by atoms with E-state index in [9.17, 15) is 13.2 Å². The molecule has 160 valence electrons. The van der Waals surface area contributed by atoms with Gasteiger partial charge in [-0.2, -0.15) is 0 Å². The largest absolute Gasteiger partial charge is 0.312 e. The zero-order chi connectivity index (χ0) is 20.4. The van der Waals surface area contributed by atoms with Crippen molar-refractivity contribution in [1.29, 1.82) is 0 Å². The Balaban J connectivity index is 1.32. The molecule has 2 fully saturated rings. The minimum Gasteiger partial charge on any atom is -0.312 e. The van der Waals surface area contributed by atoms with Crippen molar-refractivity contribution in [3.8, 4) is 0 Å². The van der Waals surface area contributed by atoms with Crippen molar-refractivity contribution in [3.05, 3.63) is 23.8 Å². The summed E-state index contributed by atoms with van der Waals surface area (Å²) in [6.07, 6.45) is 7.18. The molecule has 0 bridgehead atoms. The molecule has 7 heteroatoms. The van der Waals surface area contributed by atoms with Gasteiger partial charge < -0.3 is 9.80 Å². The van der Waals surface area contributed by atoms with Gasteiger partial charge in [-0.1, -0.05) is 13.3 Å². The van der Waals surface area contributed by atoms with Crippen LogP contribution in [0.4, 0.5) is 5.69 Å². The number of piperidine rings is 1. The molecule has 4 rings (SSSR count). The smallest absolute Gasteiger partial charge is 0.240 e. The molecule has 6 nitrogen and oxygen atoms in total. The zero-order valence-corrected chi connectivity index (χ0v) is 18.2. The van der Waals surface area contributed by atoms with Crippen LogP contribution in [0.25, 0.3) is 0 Å². The molecular weight excluding hydrogens is 386 g/mol. The summed E-state index contributed by atoms with van der Waals surface area (Å²) >= 11 is 0. The van der Waals surface area contributed by atoms with E-state index in [1.807, 2.05) is 11.0 Å². The van der Waals surface area contributed by atoms with Gasteiger partial charge in [0.25, 0.3) is 0 Å². The Hall–Kier alpha value is -1.44. The number of fused-ring (bicyclic) bond motifs is 1. The first kappa shape index (κ1) is 20.8. The summed E-state index contributed by atoms with van der Waals surface area (Å²) < 4.78 is 28.2. The molecule has 1 atom stereocenters. The van der Waals surface area contributed by atoms with E-state index in [2.05, 4.69) is 16.5 Å². The lowest BCUT2D eigenvalue weighted by Crippen LogP contribution is -2.37. The standard InChI is InChI=1S/C22H33N3O3S/c1-17-5-3-12-24(16-17)13-4-11-23-29(27,28)20-8-9-21-19(15-20)10-14-25(21)22(26)18-6-2-7-18/h8-9,15,17-18,23H,2-7,10-14,16H2,1H3/t17-/m1/s1. The fourth-order valence-corrected chi connectivity index (χ4v) is 5.86. The van der Waals surface area contributed by atoms with E-state index in [4.69, 9.17) is 0 Å². The monoisotopic (exact) mass is 419 g/mol. The van der Waals surface area contributed by atoms with Crippen molar-refractivity contribution in [2.45, 2.75) is 56.8 Å². The van der Waals surface area contributed by atoms with E-state index in [-0.39, 0.29) is 11.8 Å². The first-order valence-electron chi connectivity index (χ1n) is 11.1. The average Bonchev–Trinajstić information content (AvgIpc) is 3.07. The highest BCUT2D eigenvalue weighted by molar-refractivity contribution is 7.89. The van der Waals surface area contributed by atoms with E-state index in [1.54, 1.807) is 12.1 Å². The Labute approximate surface area is 174 Å². The van der Waals surface area contributed by atoms with E-state index in [1.165, 1.54) is 12.8 Å². The summed E-state index contributed by atoms with van der Waals surface area (Å²) in [6, 6.07) is 5.19. The molecule has 1 aliphatic carbocycles. The van der Waals surface area contributed by atoms with Crippen LogP contribution < -0.4 is 9.62 Å². The van der Waals surface area contributed by atoms with Crippen molar-refractivity contribution in [2.75, 3.05) is 37.6 Å². The Bertz CT molecular complexity index is 851. The number of rotatable bonds is 7. The molecule has 2 aliphatic heterocycles. The fourth-order valence-electron chi connectivity index (χ4n) is 4.73. The molecule has 1 saturated carbocycles. The number of amides is 1. The van der Waals surface area contributed by atoms with Gasteiger partial charge in [0, 0.05) is 31.2 Å².